The van der Waals surface area contributed by atoms with Crippen molar-refractivity contribution in [3.63, 3.8) is 0 Å². The van der Waals surface area contributed by atoms with Gasteiger partial charge in [-0.05, 0) is 57.5 Å². The van der Waals surface area contributed by atoms with Crippen LogP contribution in [0.15, 0.2) is 48.5 Å². The van der Waals surface area contributed by atoms with Gasteiger partial charge in [-0.15, -0.1) is 0 Å². The van der Waals surface area contributed by atoms with Gasteiger partial charge in [0, 0.05) is 23.5 Å². The number of hydrogen-bond acceptors (Lipinski definition) is 4. The molecule has 0 aliphatic carbocycles. The molecule has 0 radical (unpaired) electrons. The number of carbonyl (C=O) groups excluding carboxylic acids is 2. The highest BCUT2D eigenvalue weighted by Gasteiger charge is 2.15. The lowest BCUT2D eigenvalue weighted by molar-refractivity contribution is 0.0523. The number of rotatable bonds is 5. The maximum absolute atomic E-state index is 11.7. The highest BCUT2D eigenvalue weighted by molar-refractivity contribution is 5.95. The molecule has 0 fully saturated rings. The van der Waals surface area contributed by atoms with Crippen LogP contribution in [0.4, 0.5) is 16.2 Å². The van der Waals surface area contributed by atoms with Crippen LogP contribution in [0.1, 0.15) is 43.6 Å². The van der Waals surface area contributed by atoms with Crippen molar-refractivity contribution in [2.45, 2.75) is 39.8 Å². The van der Waals surface area contributed by atoms with Gasteiger partial charge in [-0.3, -0.25) is 4.79 Å². The molecule has 2 N–H and O–H groups in total. The van der Waals surface area contributed by atoms with E-state index in [2.05, 4.69) is 10.6 Å². The summed E-state index contributed by atoms with van der Waals surface area (Å²) in [4.78, 5) is 23.1. The first kappa shape index (κ1) is 18.5. The van der Waals surface area contributed by atoms with Crippen molar-refractivity contribution in [1.82, 2.24) is 5.32 Å². The number of anilines is 2. The van der Waals surface area contributed by atoms with Crippen LogP contribution in [-0.2, 0) is 11.3 Å². The molecule has 0 unspecified atom stereocenters. The van der Waals surface area contributed by atoms with Crippen LogP contribution in [0.5, 0.6) is 0 Å². The van der Waals surface area contributed by atoms with Crippen molar-refractivity contribution in [2.75, 3.05) is 5.32 Å². The molecule has 0 saturated heterocycles. The van der Waals surface area contributed by atoms with Crippen molar-refractivity contribution in [2.24, 2.45) is 0 Å². The van der Waals surface area contributed by atoms with E-state index in [0.717, 1.165) is 16.9 Å². The Morgan fingerprint density at radius 3 is 2.28 bits per heavy atom. The lowest BCUT2D eigenvalue weighted by Gasteiger charge is -2.19. The van der Waals surface area contributed by atoms with E-state index in [9.17, 15) is 9.59 Å². The molecule has 0 aliphatic heterocycles. The zero-order valence-electron chi connectivity index (χ0n) is 15.1. The molecular weight excluding hydrogens is 316 g/mol. The molecule has 5 nitrogen and oxygen atoms in total. The lowest BCUT2D eigenvalue weighted by atomic mass is 10.1. The number of ketones is 1. The fourth-order valence-corrected chi connectivity index (χ4v) is 2.18. The molecule has 0 bridgehead atoms. The SMILES string of the molecule is CC(=O)c1cccc(Nc2ccc(CNC(=O)OC(C)(C)C)cc2)c1. The van der Waals surface area contributed by atoms with E-state index < -0.39 is 11.7 Å². The minimum absolute atomic E-state index is 0.0345. The number of benzene rings is 2. The Labute approximate surface area is 148 Å². The van der Waals surface area contributed by atoms with Crippen molar-refractivity contribution < 1.29 is 14.3 Å². The third-order valence-electron chi connectivity index (χ3n) is 3.35. The second-order valence-electron chi connectivity index (χ2n) is 6.81. The minimum Gasteiger partial charge on any atom is -0.444 e. The van der Waals surface area contributed by atoms with Crippen LogP contribution in [0.25, 0.3) is 0 Å². The summed E-state index contributed by atoms with van der Waals surface area (Å²) in [5, 5.41) is 5.98. The first-order valence-corrected chi connectivity index (χ1v) is 8.17. The third-order valence-corrected chi connectivity index (χ3v) is 3.35. The number of alkyl carbamates (subject to hydrolysis) is 1. The molecule has 2 aromatic rings. The smallest absolute Gasteiger partial charge is 0.407 e. The van der Waals surface area contributed by atoms with Crippen LogP contribution < -0.4 is 10.6 Å². The Bertz CT molecular complexity index is 746. The van der Waals surface area contributed by atoms with Gasteiger partial charge in [-0.25, -0.2) is 4.79 Å². The zero-order valence-corrected chi connectivity index (χ0v) is 15.1. The molecule has 0 saturated carbocycles. The normalized spacial score (nSPS) is 10.9. The lowest BCUT2D eigenvalue weighted by Crippen LogP contribution is -2.32. The summed E-state index contributed by atoms with van der Waals surface area (Å²) in [5.41, 5.74) is 2.89. The van der Waals surface area contributed by atoms with Gasteiger partial charge < -0.3 is 15.4 Å². The summed E-state index contributed by atoms with van der Waals surface area (Å²) in [6.07, 6.45) is -0.434. The summed E-state index contributed by atoms with van der Waals surface area (Å²) in [5.74, 6) is 0.0345. The van der Waals surface area contributed by atoms with Gasteiger partial charge >= 0.3 is 6.09 Å². The standard InChI is InChI=1S/C20H24N2O3/c1-14(23)16-6-5-7-18(12-16)22-17-10-8-15(9-11-17)13-21-19(24)25-20(2,3)4/h5-12,22H,13H2,1-4H3,(H,21,24). The van der Waals surface area contributed by atoms with Crippen molar-refractivity contribution >= 4 is 23.3 Å². The average molecular weight is 340 g/mol. The van der Waals surface area contributed by atoms with E-state index in [0.29, 0.717) is 12.1 Å². The van der Waals surface area contributed by atoms with Gasteiger partial charge in [0.15, 0.2) is 5.78 Å². The Morgan fingerprint density at radius 2 is 1.68 bits per heavy atom. The molecule has 2 aromatic carbocycles. The predicted octanol–water partition coefficient (Wildman–Crippen LogP) is 4.66. The minimum atomic E-state index is -0.508. The maximum atomic E-state index is 11.7. The molecule has 5 heteroatoms. The fourth-order valence-electron chi connectivity index (χ4n) is 2.18. The zero-order chi connectivity index (χ0) is 18.4. The number of amides is 1. The van der Waals surface area contributed by atoms with Gasteiger partial charge in [-0.2, -0.15) is 0 Å². The second-order valence-corrected chi connectivity index (χ2v) is 6.81. The summed E-state index contributed by atoms with van der Waals surface area (Å²) < 4.78 is 5.20. The Kier molecular flexibility index (Phi) is 5.80. The van der Waals surface area contributed by atoms with Gasteiger partial charge in [0.25, 0.3) is 0 Å². The van der Waals surface area contributed by atoms with Gasteiger partial charge in [0.05, 0.1) is 0 Å². The fraction of sp³-hybridized carbons (Fsp3) is 0.300. The molecular formula is C20H24N2O3. The van der Waals surface area contributed by atoms with E-state index in [1.54, 1.807) is 13.0 Å². The van der Waals surface area contributed by atoms with E-state index in [-0.39, 0.29) is 5.78 Å². The molecule has 0 spiro atoms. The second kappa shape index (κ2) is 7.83. The van der Waals surface area contributed by atoms with Crippen LogP contribution >= 0.6 is 0 Å². The van der Waals surface area contributed by atoms with Crippen LogP contribution in [0.2, 0.25) is 0 Å². The summed E-state index contributed by atoms with van der Waals surface area (Å²) in [6.45, 7) is 7.43. The first-order chi connectivity index (χ1) is 11.7. The summed E-state index contributed by atoms with van der Waals surface area (Å²) in [6, 6.07) is 15.1. The molecule has 1 amide bonds. The van der Waals surface area contributed by atoms with E-state index in [4.69, 9.17) is 4.74 Å². The van der Waals surface area contributed by atoms with Crippen LogP contribution in [0.3, 0.4) is 0 Å². The number of ether oxygens (including phenoxy) is 1. The number of nitrogens with one attached hydrogen (secondary N) is 2. The average Bonchev–Trinajstić information content (AvgIpc) is 2.53. The van der Waals surface area contributed by atoms with Crippen LogP contribution in [-0.4, -0.2) is 17.5 Å². The van der Waals surface area contributed by atoms with Crippen molar-refractivity contribution in [3.8, 4) is 0 Å². The largest absolute Gasteiger partial charge is 0.444 e. The number of hydrogen-bond donors (Lipinski definition) is 2. The Balaban J connectivity index is 1.93. The molecule has 0 heterocycles. The summed E-state index contributed by atoms with van der Waals surface area (Å²) >= 11 is 0. The van der Waals surface area contributed by atoms with Crippen molar-refractivity contribution in [3.05, 3.63) is 59.7 Å². The molecule has 25 heavy (non-hydrogen) atoms. The Hall–Kier alpha value is -2.82. The van der Waals surface area contributed by atoms with E-state index in [1.807, 2.05) is 63.2 Å². The third kappa shape index (κ3) is 6.30. The van der Waals surface area contributed by atoms with Gasteiger partial charge in [0.2, 0.25) is 0 Å². The topological polar surface area (TPSA) is 67.4 Å². The molecule has 2 rings (SSSR count). The molecule has 0 atom stereocenters. The molecule has 0 aliphatic rings. The Morgan fingerprint density at radius 1 is 1.00 bits per heavy atom. The maximum Gasteiger partial charge on any atom is 0.407 e. The summed E-state index contributed by atoms with van der Waals surface area (Å²) in [7, 11) is 0. The highest BCUT2D eigenvalue weighted by Crippen LogP contribution is 2.18. The molecule has 0 aromatic heterocycles. The first-order valence-electron chi connectivity index (χ1n) is 8.17. The quantitative estimate of drug-likeness (QED) is 0.777. The highest BCUT2D eigenvalue weighted by atomic mass is 16.6. The van der Waals surface area contributed by atoms with Crippen molar-refractivity contribution in [1.29, 1.82) is 0 Å². The predicted molar refractivity (Wildman–Crippen MR) is 99.2 cm³/mol. The van der Waals surface area contributed by atoms with Gasteiger partial charge in [0.1, 0.15) is 5.60 Å². The molecule has 132 valence electrons. The number of carbonyl (C=O) groups is 2. The van der Waals surface area contributed by atoms with E-state index >= 15 is 0 Å². The monoisotopic (exact) mass is 340 g/mol. The van der Waals surface area contributed by atoms with Crippen LogP contribution in [0, 0.1) is 0 Å². The number of Topliss-reactive ketones (excluding diaryl/α,β-unsaturated/α-hetero) is 1. The van der Waals surface area contributed by atoms with E-state index in [1.165, 1.54) is 0 Å². The van der Waals surface area contributed by atoms with Gasteiger partial charge in [-0.1, -0.05) is 24.3 Å².